The van der Waals surface area contributed by atoms with Gasteiger partial charge in [0.1, 0.15) is 6.04 Å². The van der Waals surface area contributed by atoms with Crippen LogP contribution in [0.4, 0.5) is 5.69 Å². The Hall–Kier alpha value is -3.80. The van der Waals surface area contributed by atoms with Gasteiger partial charge in [-0.1, -0.05) is 66.2 Å². The van der Waals surface area contributed by atoms with E-state index in [2.05, 4.69) is 15.4 Å². The van der Waals surface area contributed by atoms with Crippen LogP contribution in [0.15, 0.2) is 77.7 Å². The quantitative estimate of drug-likeness (QED) is 0.578. The van der Waals surface area contributed by atoms with Crippen molar-refractivity contribution in [3.8, 4) is 11.3 Å². The molecule has 1 N–H and O–H groups in total. The van der Waals surface area contributed by atoms with Gasteiger partial charge in [0.25, 0.3) is 0 Å². The molecular weight excluding hydrogens is 364 g/mol. The van der Waals surface area contributed by atoms with Gasteiger partial charge in [-0.3, -0.25) is 4.79 Å². The Balaban J connectivity index is 1.59. The third-order valence-electron chi connectivity index (χ3n) is 4.86. The van der Waals surface area contributed by atoms with Gasteiger partial charge in [-0.25, -0.2) is 9.48 Å². The normalized spacial score (nSPS) is 11.9. The molecule has 0 saturated carbocycles. The molecule has 4 aromatic rings. The predicted molar refractivity (Wildman–Crippen MR) is 114 cm³/mol. The molecule has 1 atom stereocenters. The van der Waals surface area contributed by atoms with E-state index in [9.17, 15) is 9.59 Å². The van der Waals surface area contributed by atoms with E-state index in [1.807, 2.05) is 73.7 Å². The van der Waals surface area contributed by atoms with E-state index in [4.69, 9.17) is 0 Å². The van der Waals surface area contributed by atoms with Crippen molar-refractivity contribution in [3.63, 3.8) is 0 Å². The second kappa shape index (κ2) is 7.67. The number of nitrogens with one attached hydrogen (secondary N) is 1. The molecule has 4 rings (SSSR count). The number of benzene rings is 3. The van der Waals surface area contributed by atoms with Crippen molar-refractivity contribution in [1.29, 1.82) is 0 Å². The van der Waals surface area contributed by atoms with E-state index >= 15 is 0 Å². The topological polar surface area (TPSA) is 76.9 Å². The maximum atomic E-state index is 12.8. The summed E-state index contributed by atoms with van der Waals surface area (Å²) in [6, 6.07) is 20.3. The van der Waals surface area contributed by atoms with Crippen LogP contribution < -0.4 is 11.0 Å². The van der Waals surface area contributed by atoms with Crippen LogP contribution in [0.3, 0.4) is 0 Å². The number of hydrogen-bond acceptors (Lipinski definition) is 4. The van der Waals surface area contributed by atoms with Gasteiger partial charge in [0.2, 0.25) is 5.91 Å². The third-order valence-corrected chi connectivity index (χ3v) is 4.86. The molecule has 0 bridgehead atoms. The van der Waals surface area contributed by atoms with Gasteiger partial charge in [0, 0.05) is 16.6 Å². The molecule has 0 spiro atoms. The molecule has 0 aliphatic rings. The summed E-state index contributed by atoms with van der Waals surface area (Å²) in [6.07, 6.45) is 1.51. The first-order chi connectivity index (χ1) is 14.0. The number of anilines is 1. The van der Waals surface area contributed by atoms with Gasteiger partial charge in [-0.15, -0.1) is 0 Å². The number of fused-ring (bicyclic) bond motifs is 1. The summed E-state index contributed by atoms with van der Waals surface area (Å²) >= 11 is 0. The Morgan fingerprint density at radius 3 is 2.48 bits per heavy atom. The van der Waals surface area contributed by atoms with Gasteiger partial charge in [-0.05, 0) is 25.3 Å². The molecule has 1 amide bonds. The van der Waals surface area contributed by atoms with Crippen LogP contribution >= 0.6 is 0 Å². The molecule has 0 saturated heterocycles. The van der Waals surface area contributed by atoms with Crippen LogP contribution in [0.25, 0.3) is 22.0 Å². The fourth-order valence-electron chi connectivity index (χ4n) is 3.16. The Morgan fingerprint density at radius 2 is 1.72 bits per heavy atom. The molecule has 0 aliphatic carbocycles. The molecule has 1 heterocycles. The van der Waals surface area contributed by atoms with Gasteiger partial charge < -0.3 is 5.32 Å². The maximum Gasteiger partial charge on any atom is 0.365 e. The van der Waals surface area contributed by atoms with E-state index in [1.54, 1.807) is 6.92 Å². The fraction of sp³-hybridized carbons (Fsp3) is 0.130. The number of aryl methyl sites for hydroxylation is 1. The zero-order chi connectivity index (χ0) is 20.4. The van der Waals surface area contributed by atoms with Gasteiger partial charge in [0.05, 0.1) is 11.9 Å². The van der Waals surface area contributed by atoms with Crippen molar-refractivity contribution < 1.29 is 4.79 Å². The molecule has 3 aromatic carbocycles. The lowest BCUT2D eigenvalue weighted by Gasteiger charge is -2.15. The van der Waals surface area contributed by atoms with Gasteiger partial charge in [0.15, 0.2) is 0 Å². The first-order valence-electron chi connectivity index (χ1n) is 9.34. The Kier molecular flexibility index (Phi) is 4.91. The van der Waals surface area contributed by atoms with Crippen LogP contribution in [0.1, 0.15) is 18.5 Å². The molecule has 144 valence electrons. The number of hydrogen-bond donors (Lipinski definition) is 1. The Bertz CT molecular complexity index is 1240. The molecule has 0 fully saturated rings. The molecule has 0 radical (unpaired) electrons. The van der Waals surface area contributed by atoms with Crippen LogP contribution in [0.2, 0.25) is 0 Å². The minimum Gasteiger partial charge on any atom is -0.324 e. The highest BCUT2D eigenvalue weighted by atomic mass is 16.2. The molecular formula is C23H20N4O2. The lowest BCUT2D eigenvalue weighted by Crippen LogP contribution is -2.34. The van der Waals surface area contributed by atoms with Crippen molar-refractivity contribution in [3.05, 3.63) is 89.0 Å². The van der Waals surface area contributed by atoms with E-state index in [0.29, 0.717) is 11.4 Å². The summed E-state index contributed by atoms with van der Waals surface area (Å²) in [5.41, 5.74) is 2.53. The lowest BCUT2D eigenvalue weighted by molar-refractivity contribution is -0.119. The highest BCUT2D eigenvalue weighted by molar-refractivity contribution is 6.03. The van der Waals surface area contributed by atoms with E-state index in [0.717, 1.165) is 26.6 Å². The number of carbonyl (C=O) groups excluding carboxylic acids is 1. The molecule has 29 heavy (non-hydrogen) atoms. The number of carbonyl (C=O) groups is 1. The minimum absolute atomic E-state index is 0.333. The van der Waals surface area contributed by atoms with Crippen molar-refractivity contribution in [1.82, 2.24) is 14.8 Å². The molecule has 6 heteroatoms. The standard InChI is InChI=1S/C23H20N4O2/c1-15-10-12-18(13-11-15)21-14-24-27(23(29)26-21)16(2)22(28)25-20-9-5-7-17-6-3-4-8-19(17)20/h3-14,16H,1-2H3,(H,25,28). The van der Waals surface area contributed by atoms with E-state index < -0.39 is 11.7 Å². The third kappa shape index (κ3) is 3.78. The van der Waals surface area contributed by atoms with Crippen molar-refractivity contribution in [2.24, 2.45) is 0 Å². The molecule has 6 nitrogen and oxygen atoms in total. The number of amides is 1. The summed E-state index contributed by atoms with van der Waals surface area (Å²) in [5.74, 6) is -0.333. The van der Waals surface area contributed by atoms with Gasteiger partial charge >= 0.3 is 5.69 Å². The maximum absolute atomic E-state index is 12.8. The zero-order valence-electron chi connectivity index (χ0n) is 16.2. The average Bonchev–Trinajstić information content (AvgIpc) is 2.74. The number of aromatic nitrogens is 3. The summed E-state index contributed by atoms with van der Waals surface area (Å²) in [5, 5.41) is 9.04. The SMILES string of the molecule is Cc1ccc(-c2cnn(C(C)C(=O)Nc3cccc4ccccc34)c(=O)n2)cc1. The molecule has 0 aliphatic heterocycles. The van der Waals surface area contributed by atoms with E-state index in [1.165, 1.54) is 6.20 Å². The number of nitrogens with zero attached hydrogens (tertiary/aromatic N) is 3. The predicted octanol–water partition coefficient (Wildman–Crippen LogP) is 3.97. The Morgan fingerprint density at radius 1 is 1.00 bits per heavy atom. The highest BCUT2D eigenvalue weighted by Crippen LogP contribution is 2.23. The minimum atomic E-state index is -0.805. The Labute approximate surface area is 167 Å². The average molecular weight is 384 g/mol. The van der Waals surface area contributed by atoms with Gasteiger partial charge in [-0.2, -0.15) is 10.1 Å². The van der Waals surface area contributed by atoms with E-state index in [-0.39, 0.29) is 5.91 Å². The van der Waals surface area contributed by atoms with Crippen LogP contribution in [-0.4, -0.2) is 20.7 Å². The summed E-state index contributed by atoms with van der Waals surface area (Å²) in [6.45, 7) is 3.62. The lowest BCUT2D eigenvalue weighted by atomic mass is 10.1. The zero-order valence-corrected chi connectivity index (χ0v) is 16.2. The molecule has 1 aromatic heterocycles. The van der Waals surface area contributed by atoms with Crippen LogP contribution in [-0.2, 0) is 4.79 Å². The number of rotatable bonds is 4. The first-order valence-corrected chi connectivity index (χ1v) is 9.34. The van der Waals surface area contributed by atoms with Crippen molar-refractivity contribution in [2.45, 2.75) is 19.9 Å². The molecule has 1 unspecified atom stereocenters. The van der Waals surface area contributed by atoms with Crippen LogP contribution in [0, 0.1) is 6.92 Å². The smallest absolute Gasteiger partial charge is 0.324 e. The highest BCUT2D eigenvalue weighted by Gasteiger charge is 2.19. The summed E-state index contributed by atoms with van der Waals surface area (Å²) in [7, 11) is 0. The second-order valence-electron chi connectivity index (χ2n) is 6.93. The first kappa shape index (κ1) is 18.6. The monoisotopic (exact) mass is 384 g/mol. The fourth-order valence-corrected chi connectivity index (χ4v) is 3.16. The van der Waals surface area contributed by atoms with Crippen molar-refractivity contribution >= 4 is 22.4 Å². The van der Waals surface area contributed by atoms with Crippen LogP contribution in [0.5, 0.6) is 0 Å². The largest absolute Gasteiger partial charge is 0.365 e. The second-order valence-corrected chi connectivity index (χ2v) is 6.93. The summed E-state index contributed by atoms with van der Waals surface area (Å²) in [4.78, 5) is 29.4. The van der Waals surface area contributed by atoms with Crippen molar-refractivity contribution in [2.75, 3.05) is 5.32 Å². The summed E-state index contributed by atoms with van der Waals surface area (Å²) < 4.78 is 1.10.